The van der Waals surface area contributed by atoms with Crippen LogP contribution >= 0.6 is 0 Å². The first-order valence-electron chi connectivity index (χ1n) is 10.2. The van der Waals surface area contributed by atoms with Crippen LogP contribution in [0.4, 0.5) is 0 Å². The molecule has 1 saturated heterocycles. The van der Waals surface area contributed by atoms with Crippen LogP contribution in [0, 0.1) is 0 Å². The van der Waals surface area contributed by atoms with Crippen molar-refractivity contribution in [3.05, 3.63) is 64.4 Å². The molecule has 1 aliphatic rings. The lowest BCUT2D eigenvalue weighted by Gasteiger charge is -2.14. The van der Waals surface area contributed by atoms with Gasteiger partial charge in [0.1, 0.15) is 5.69 Å². The van der Waals surface area contributed by atoms with Crippen LogP contribution in [-0.2, 0) is 7.05 Å². The Morgan fingerprint density at radius 1 is 1.07 bits per heavy atom. The minimum absolute atomic E-state index is 0.0858. The minimum Gasteiger partial charge on any atom is -0.352 e. The Balaban J connectivity index is 1.43. The number of carbonyl (C=O) groups is 1. The van der Waals surface area contributed by atoms with Gasteiger partial charge in [-0.1, -0.05) is 24.3 Å². The molecule has 1 N–H and O–H groups in total. The predicted octanol–water partition coefficient (Wildman–Crippen LogP) is 2.82. The second-order valence-corrected chi connectivity index (χ2v) is 7.55. The number of para-hydroxylation sites is 2. The Kier molecular flexibility index (Phi) is 5.71. The number of nitrogens with zero attached hydrogens (tertiary/aromatic N) is 3. The van der Waals surface area contributed by atoms with Crippen molar-refractivity contribution in [2.24, 2.45) is 7.05 Å². The molecule has 3 aromatic rings. The maximum absolute atomic E-state index is 12.7. The van der Waals surface area contributed by atoms with Crippen molar-refractivity contribution in [2.45, 2.75) is 19.3 Å². The molecule has 2 aromatic carbocycles. The molecule has 0 unspecified atom stereocenters. The van der Waals surface area contributed by atoms with Gasteiger partial charge in [0.15, 0.2) is 0 Å². The van der Waals surface area contributed by atoms with E-state index in [1.54, 1.807) is 35.9 Å². The lowest BCUT2D eigenvalue weighted by atomic mass is 10.1. The van der Waals surface area contributed by atoms with Crippen LogP contribution in [0.1, 0.15) is 29.6 Å². The Labute approximate surface area is 170 Å². The largest absolute Gasteiger partial charge is 0.352 e. The van der Waals surface area contributed by atoms with Crippen molar-refractivity contribution in [2.75, 3.05) is 26.2 Å². The second kappa shape index (κ2) is 8.57. The van der Waals surface area contributed by atoms with Gasteiger partial charge in [0.2, 0.25) is 0 Å². The van der Waals surface area contributed by atoms with Gasteiger partial charge in [-0.15, -0.1) is 0 Å². The summed E-state index contributed by atoms with van der Waals surface area (Å²) in [4.78, 5) is 32.1. The molecule has 1 amide bonds. The number of benzene rings is 2. The molecule has 29 heavy (non-hydrogen) atoms. The molecule has 1 aromatic heterocycles. The van der Waals surface area contributed by atoms with Crippen LogP contribution in [0.15, 0.2) is 53.3 Å². The number of nitrogens with one attached hydrogen (secondary N) is 1. The average molecular weight is 390 g/mol. The van der Waals surface area contributed by atoms with Gasteiger partial charge in [-0.25, -0.2) is 4.98 Å². The number of aryl methyl sites for hydroxylation is 1. The van der Waals surface area contributed by atoms with E-state index in [0.29, 0.717) is 23.4 Å². The molecule has 1 aliphatic heterocycles. The number of fused-ring (bicyclic) bond motifs is 1. The second-order valence-electron chi connectivity index (χ2n) is 7.55. The van der Waals surface area contributed by atoms with Crippen LogP contribution in [0.25, 0.3) is 22.3 Å². The van der Waals surface area contributed by atoms with Gasteiger partial charge in [-0.05, 0) is 63.2 Å². The molecule has 0 aliphatic carbocycles. The van der Waals surface area contributed by atoms with E-state index in [1.165, 1.54) is 25.9 Å². The summed E-state index contributed by atoms with van der Waals surface area (Å²) < 4.78 is 1.61. The van der Waals surface area contributed by atoms with Gasteiger partial charge in [-0.3, -0.25) is 9.59 Å². The number of rotatable bonds is 6. The average Bonchev–Trinajstić information content (AvgIpc) is 3.27. The van der Waals surface area contributed by atoms with E-state index >= 15 is 0 Å². The Morgan fingerprint density at radius 2 is 1.79 bits per heavy atom. The quantitative estimate of drug-likeness (QED) is 0.657. The van der Waals surface area contributed by atoms with E-state index in [4.69, 9.17) is 0 Å². The highest BCUT2D eigenvalue weighted by atomic mass is 16.1. The van der Waals surface area contributed by atoms with E-state index < -0.39 is 0 Å². The van der Waals surface area contributed by atoms with Crippen LogP contribution in [0.2, 0.25) is 0 Å². The van der Waals surface area contributed by atoms with Crippen LogP contribution in [0.3, 0.4) is 0 Å². The zero-order chi connectivity index (χ0) is 20.2. The number of hydrogen-bond donors (Lipinski definition) is 1. The third-order valence-electron chi connectivity index (χ3n) is 5.54. The van der Waals surface area contributed by atoms with Crippen molar-refractivity contribution >= 4 is 16.9 Å². The maximum atomic E-state index is 12.7. The van der Waals surface area contributed by atoms with E-state index in [-0.39, 0.29) is 11.5 Å². The number of likely N-dealkylation sites (tertiary alicyclic amines) is 1. The normalized spacial score (nSPS) is 14.4. The molecule has 150 valence electrons. The third kappa shape index (κ3) is 4.22. The molecular weight excluding hydrogens is 364 g/mol. The summed E-state index contributed by atoms with van der Waals surface area (Å²) in [6, 6.07) is 14.6. The Bertz CT molecular complexity index is 1070. The molecule has 6 nitrogen and oxygen atoms in total. The summed E-state index contributed by atoms with van der Waals surface area (Å²) >= 11 is 0. The van der Waals surface area contributed by atoms with E-state index in [0.717, 1.165) is 24.0 Å². The number of amides is 1. The van der Waals surface area contributed by atoms with Gasteiger partial charge >= 0.3 is 0 Å². The first kappa shape index (κ1) is 19.3. The smallest absolute Gasteiger partial charge is 0.277 e. The van der Waals surface area contributed by atoms with Crippen molar-refractivity contribution in [3.63, 3.8) is 0 Å². The third-order valence-corrected chi connectivity index (χ3v) is 5.54. The zero-order valence-corrected chi connectivity index (χ0v) is 16.7. The van der Waals surface area contributed by atoms with Crippen LogP contribution < -0.4 is 10.9 Å². The summed E-state index contributed by atoms with van der Waals surface area (Å²) in [5.41, 5.74) is 3.11. The predicted molar refractivity (Wildman–Crippen MR) is 115 cm³/mol. The standard InChI is InChI=1S/C23H26N4O2/c1-26-20-8-3-2-7-19(20)25-21(23(26)29)17-9-11-18(12-10-17)22(28)24-13-6-16-27-14-4-5-15-27/h2-3,7-12H,4-6,13-16H2,1H3,(H,24,28). The first-order valence-corrected chi connectivity index (χ1v) is 10.2. The van der Waals surface area contributed by atoms with Crippen LogP contribution in [-0.4, -0.2) is 46.5 Å². The first-order chi connectivity index (χ1) is 14.1. The highest BCUT2D eigenvalue weighted by molar-refractivity contribution is 5.94. The lowest BCUT2D eigenvalue weighted by molar-refractivity contribution is 0.0952. The molecule has 2 heterocycles. The molecule has 0 atom stereocenters. The molecule has 1 fully saturated rings. The van der Waals surface area contributed by atoms with Crippen LogP contribution in [0.5, 0.6) is 0 Å². The van der Waals surface area contributed by atoms with Crippen molar-refractivity contribution in [1.82, 2.24) is 19.8 Å². The van der Waals surface area contributed by atoms with E-state index in [9.17, 15) is 9.59 Å². The SMILES string of the molecule is Cn1c(=O)c(-c2ccc(C(=O)NCCCN3CCCC3)cc2)nc2ccccc21. The van der Waals surface area contributed by atoms with Gasteiger partial charge in [0, 0.05) is 24.7 Å². The highest BCUT2D eigenvalue weighted by Gasteiger charge is 2.13. The van der Waals surface area contributed by atoms with Gasteiger partial charge in [-0.2, -0.15) is 0 Å². The van der Waals surface area contributed by atoms with Gasteiger partial charge in [0.25, 0.3) is 11.5 Å². The molecule has 0 bridgehead atoms. The molecule has 0 saturated carbocycles. The lowest BCUT2D eigenvalue weighted by Crippen LogP contribution is -2.28. The number of carbonyl (C=O) groups excluding carboxylic acids is 1. The van der Waals surface area contributed by atoms with Gasteiger partial charge < -0.3 is 14.8 Å². The Hall–Kier alpha value is -2.99. The van der Waals surface area contributed by atoms with Gasteiger partial charge in [0.05, 0.1) is 11.0 Å². The Morgan fingerprint density at radius 3 is 2.55 bits per heavy atom. The molecule has 0 spiro atoms. The summed E-state index contributed by atoms with van der Waals surface area (Å²) in [6.07, 6.45) is 3.53. The molecule has 6 heteroatoms. The fourth-order valence-corrected chi connectivity index (χ4v) is 3.86. The van der Waals surface area contributed by atoms with E-state index in [1.807, 2.05) is 24.3 Å². The fraction of sp³-hybridized carbons (Fsp3) is 0.348. The highest BCUT2D eigenvalue weighted by Crippen LogP contribution is 2.18. The number of aromatic nitrogens is 2. The molecule has 0 radical (unpaired) electrons. The summed E-state index contributed by atoms with van der Waals surface area (Å²) in [5, 5.41) is 2.98. The summed E-state index contributed by atoms with van der Waals surface area (Å²) in [7, 11) is 1.75. The van der Waals surface area contributed by atoms with E-state index in [2.05, 4.69) is 15.2 Å². The topological polar surface area (TPSA) is 67.2 Å². The van der Waals surface area contributed by atoms with Crippen molar-refractivity contribution < 1.29 is 4.79 Å². The molecule has 4 rings (SSSR count). The van der Waals surface area contributed by atoms with Crippen molar-refractivity contribution in [3.8, 4) is 11.3 Å². The minimum atomic E-state index is -0.150. The summed E-state index contributed by atoms with van der Waals surface area (Å²) in [6.45, 7) is 4.06. The fourth-order valence-electron chi connectivity index (χ4n) is 3.86. The van der Waals surface area contributed by atoms with Crippen molar-refractivity contribution in [1.29, 1.82) is 0 Å². The summed E-state index contributed by atoms with van der Waals surface area (Å²) in [5.74, 6) is -0.0858. The maximum Gasteiger partial charge on any atom is 0.277 e. The zero-order valence-electron chi connectivity index (χ0n) is 16.7. The number of hydrogen-bond acceptors (Lipinski definition) is 4. The molecular formula is C23H26N4O2. The monoisotopic (exact) mass is 390 g/mol.